The van der Waals surface area contributed by atoms with Gasteiger partial charge in [0.1, 0.15) is 5.75 Å². The number of carbonyl (C=O) groups excluding carboxylic acids is 1. The molecule has 1 rings (SSSR count). The fourth-order valence-electron chi connectivity index (χ4n) is 1.16. The van der Waals surface area contributed by atoms with E-state index >= 15 is 0 Å². The van der Waals surface area contributed by atoms with Crippen molar-refractivity contribution >= 4 is 17.4 Å². The summed E-state index contributed by atoms with van der Waals surface area (Å²) in [7, 11) is 0. The van der Waals surface area contributed by atoms with Crippen LogP contribution in [0, 0.1) is 0 Å². The Morgan fingerprint density at radius 3 is 2.79 bits per heavy atom. The van der Waals surface area contributed by atoms with Gasteiger partial charge in [0.2, 0.25) is 0 Å². The van der Waals surface area contributed by atoms with Gasteiger partial charge in [0.05, 0.1) is 5.02 Å². The zero-order chi connectivity index (χ0) is 10.6. The van der Waals surface area contributed by atoms with E-state index in [4.69, 9.17) is 16.7 Å². The largest absolute Gasteiger partial charge is 0.506 e. The van der Waals surface area contributed by atoms with Crippen molar-refractivity contribution in [2.75, 3.05) is 0 Å². The third-order valence-corrected chi connectivity index (χ3v) is 2.33. The molecule has 0 bridgehead atoms. The smallest absolute Gasteiger partial charge is 0.162 e. The standard InChI is InChI=1S/C11H13ClO2/c1-2-3-4-10(13)8-5-6-11(14)9(12)7-8/h5-7,14H,2-4H2,1H3. The molecule has 0 heterocycles. The molecule has 0 aliphatic carbocycles. The van der Waals surface area contributed by atoms with Gasteiger partial charge in [-0.15, -0.1) is 0 Å². The van der Waals surface area contributed by atoms with Crippen molar-refractivity contribution in [1.29, 1.82) is 0 Å². The highest BCUT2D eigenvalue weighted by atomic mass is 35.5. The first kappa shape index (κ1) is 11.1. The second-order valence-corrected chi connectivity index (χ2v) is 3.60. The summed E-state index contributed by atoms with van der Waals surface area (Å²) < 4.78 is 0. The van der Waals surface area contributed by atoms with E-state index in [0.29, 0.717) is 12.0 Å². The van der Waals surface area contributed by atoms with Crippen molar-refractivity contribution < 1.29 is 9.90 Å². The monoisotopic (exact) mass is 212 g/mol. The molecule has 3 heteroatoms. The Hall–Kier alpha value is -1.02. The van der Waals surface area contributed by atoms with Crippen molar-refractivity contribution in [1.82, 2.24) is 0 Å². The first-order valence-corrected chi connectivity index (χ1v) is 5.04. The average Bonchev–Trinajstić information content (AvgIpc) is 2.18. The minimum Gasteiger partial charge on any atom is -0.506 e. The molecule has 2 nitrogen and oxygen atoms in total. The van der Waals surface area contributed by atoms with Gasteiger partial charge in [0, 0.05) is 12.0 Å². The lowest BCUT2D eigenvalue weighted by molar-refractivity contribution is 0.0980. The molecule has 14 heavy (non-hydrogen) atoms. The van der Waals surface area contributed by atoms with Crippen LogP contribution in [0.3, 0.4) is 0 Å². The number of phenols is 1. The summed E-state index contributed by atoms with van der Waals surface area (Å²) in [5.41, 5.74) is 0.571. The van der Waals surface area contributed by atoms with E-state index in [2.05, 4.69) is 0 Å². The van der Waals surface area contributed by atoms with Crippen LogP contribution >= 0.6 is 11.6 Å². The highest BCUT2D eigenvalue weighted by Crippen LogP contribution is 2.24. The van der Waals surface area contributed by atoms with Gasteiger partial charge in [-0.3, -0.25) is 4.79 Å². The average molecular weight is 213 g/mol. The van der Waals surface area contributed by atoms with Gasteiger partial charge in [-0.25, -0.2) is 0 Å². The Labute approximate surface area is 88.5 Å². The summed E-state index contributed by atoms with van der Waals surface area (Å²) in [5, 5.41) is 9.39. The Bertz CT molecular complexity index is 334. The van der Waals surface area contributed by atoms with Gasteiger partial charge in [0.15, 0.2) is 5.78 Å². The topological polar surface area (TPSA) is 37.3 Å². The van der Waals surface area contributed by atoms with Crippen LogP contribution in [0.15, 0.2) is 18.2 Å². The lowest BCUT2D eigenvalue weighted by atomic mass is 10.1. The normalized spacial score (nSPS) is 10.1. The van der Waals surface area contributed by atoms with Gasteiger partial charge in [-0.05, 0) is 24.6 Å². The molecule has 0 radical (unpaired) electrons. The number of ketones is 1. The zero-order valence-corrected chi connectivity index (χ0v) is 8.84. The van der Waals surface area contributed by atoms with Gasteiger partial charge >= 0.3 is 0 Å². The maximum absolute atomic E-state index is 11.5. The predicted molar refractivity (Wildman–Crippen MR) is 57.0 cm³/mol. The first-order chi connectivity index (χ1) is 6.65. The molecule has 0 saturated heterocycles. The van der Waals surface area contributed by atoms with Crippen molar-refractivity contribution in [2.24, 2.45) is 0 Å². The molecule has 76 valence electrons. The van der Waals surface area contributed by atoms with Crippen LogP contribution < -0.4 is 0 Å². The molecule has 0 spiro atoms. The van der Waals surface area contributed by atoms with E-state index in [9.17, 15) is 4.79 Å². The zero-order valence-electron chi connectivity index (χ0n) is 8.09. The molecule has 0 aliphatic heterocycles. The Morgan fingerprint density at radius 1 is 1.50 bits per heavy atom. The third-order valence-electron chi connectivity index (χ3n) is 2.03. The van der Waals surface area contributed by atoms with Gasteiger partial charge in [-0.2, -0.15) is 0 Å². The second kappa shape index (κ2) is 5.01. The van der Waals surface area contributed by atoms with Crippen LogP contribution in [-0.4, -0.2) is 10.9 Å². The number of hydrogen-bond donors (Lipinski definition) is 1. The second-order valence-electron chi connectivity index (χ2n) is 3.19. The minimum absolute atomic E-state index is 0.0127. The molecule has 1 aromatic carbocycles. The maximum atomic E-state index is 11.5. The quantitative estimate of drug-likeness (QED) is 0.777. The summed E-state index contributed by atoms with van der Waals surface area (Å²) in [4.78, 5) is 11.5. The van der Waals surface area contributed by atoms with Crippen molar-refractivity contribution in [3.8, 4) is 5.75 Å². The SMILES string of the molecule is CCCCC(=O)c1ccc(O)c(Cl)c1. The number of carbonyl (C=O) groups is 1. The highest BCUT2D eigenvalue weighted by molar-refractivity contribution is 6.32. The molecule has 0 saturated carbocycles. The lowest BCUT2D eigenvalue weighted by Gasteiger charge is -2.01. The lowest BCUT2D eigenvalue weighted by Crippen LogP contribution is -1.98. The summed E-state index contributed by atoms with van der Waals surface area (Å²) in [6, 6.07) is 4.55. The molecule has 0 fully saturated rings. The maximum Gasteiger partial charge on any atom is 0.162 e. The number of aromatic hydroxyl groups is 1. The number of unbranched alkanes of at least 4 members (excludes halogenated alkanes) is 1. The molecule has 0 atom stereocenters. The summed E-state index contributed by atoms with van der Waals surface area (Å²) >= 11 is 5.69. The number of rotatable bonds is 4. The van der Waals surface area contributed by atoms with E-state index in [1.54, 1.807) is 6.07 Å². The molecule has 0 amide bonds. The van der Waals surface area contributed by atoms with Gasteiger partial charge in [0.25, 0.3) is 0 Å². The summed E-state index contributed by atoms with van der Waals surface area (Å²) in [6.07, 6.45) is 2.42. The Morgan fingerprint density at radius 2 is 2.21 bits per heavy atom. The molecular weight excluding hydrogens is 200 g/mol. The van der Waals surface area contributed by atoms with Gasteiger partial charge < -0.3 is 5.11 Å². The van der Waals surface area contributed by atoms with Crippen LogP contribution in [0.25, 0.3) is 0 Å². The molecule has 0 unspecified atom stereocenters. The molecule has 0 aromatic heterocycles. The Balaban J connectivity index is 2.76. The van der Waals surface area contributed by atoms with Crippen LogP contribution in [-0.2, 0) is 0 Å². The number of halogens is 1. The van der Waals surface area contributed by atoms with Crippen molar-refractivity contribution in [3.05, 3.63) is 28.8 Å². The van der Waals surface area contributed by atoms with Crippen LogP contribution in [0.5, 0.6) is 5.75 Å². The number of hydrogen-bond acceptors (Lipinski definition) is 2. The molecular formula is C11H13ClO2. The van der Waals surface area contributed by atoms with E-state index in [-0.39, 0.29) is 16.6 Å². The number of phenolic OH excluding ortho intramolecular Hbond substituents is 1. The fourth-order valence-corrected chi connectivity index (χ4v) is 1.34. The number of benzene rings is 1. The summed E-state index contributed by atoms with van der Waals surface area (Å²) in [5.74, 6) is 0.0902. The fraction of sp³-hybridized carbons (Fsp3) is 0.364. The predicted octanol–water partition coefficient (Wildman–Crippen LogP) is 3.42. The van der Waals surface area contributed by atoms with Crippen molar-refractivity contribution in [3.63, 3.8) is 0 Å². The minimum atomic E-state index is 0.0127. The summed E-state index contributed by atoms with van der Waals surface area (Å²) in [6.45, 7) is 2.04. The van der Waals surface area contributed by atoms with E-state index < -0.39 is 0 Å². The first-order valence-electron chi connectivity index (χ1n) is 4.67. The molecule has 1 N–H and O–H groups in total. The third kappa shape index (κ3) is 2.74. The molecule has 1 aromatic rings. The number of Topliss-reactive ketones (excluding diaryl/α,β-unsaturated/α-hetero) is 1. The molecule has 0 aliphatic rings. The van der Waals surface area contributed by atoms with Crippen LogP contribution in [0.4, 0.5) is 0 Å². The van der Waals surface area contributed by atoms with E-state index in [0.717, 1.165) is 12.8 Å². The highest BCUT2D eigenvalue weighted by Gasteiger charge is 2.07. The van der Waals surface area contributed by atoms with Crippen LogP contribution in [0.2, 0.25) is 5.02 Å². The Kier molecular flexibility index (Phi) is 3.96. The van der Waals surface area contributed by atoms with Crippen LogP contribution in [0.1, 0.15) is 36.5 Å². The van der Waals surface area contributed by atoms with E-state index in [1.165, 1.54) is 12.1 Å². The van der Waals surface area contributed by atoms with Gasteiger partial charge in [-0.1, -0.05) is 24.9 Å². The van der Waals surface area contributed by atoms with Crippen molar-refractivity contribution in [2.45, 2.75) is 26.2 Å². The van der Waals surface area contributed by atoms with E-state index in [1.807, 2.05) is 6.92 Å².